The largest absolute Gasteiger partial charge is 0.247 e. The van der Waals surface area contributed by atoms with Crippen molar-refractivity contribution in [3.05, 3.63) is 12.2 Å². The molecule has 0 N–H and O–H groups in total. The number of halogens is 1. The van der Waals surface area contributed by atoms with Gasteiger partial charge in [-0.25, -0.2) is 4.39 Å². The molecular weight excluding hydrogens is 163 g/mol. The summed E-state index contributed by atoms with van der Waals surface area (Å²) in [7, 11) is 0. The normalized spacial score (nSPS) is 35.0. The van der Waals surface area contributed by atoms with Crippen molar-refractivity contribution in [2.75, 3.05) is 0 Å². The third kappa shape index (κ3) is 2.55. The minimum Gasteiger partial charge on any atom is -0.247 e. The summed E-state index contributed by atoms with van der Waals surface area (Å²) in [6.07, 6.45) is 2.16. The van der Waals surface area contributed by atoms with Crippen LogP contribution >= 0.6 is 0 Å². The van der Waals surface area contributed by atoms with Crippen molar-refractivity contribution in [3.63, 3.8) is 0 Å². The SMILES string of the molecule is C=C(C(C)C)C1CCC(F)C(C)C1. The summed E-state index contributed by atoms with van der Waals surface area (Å²) in [6.45, 7) is 10.5. The monoisotopic (exact) mass is 184 g/mol. The van der Waals surface area contributed by atoms with Gasteiger partial charge in [0, 0.05) is 0 Å². The zero-order chi connectivity index (χ0) is 10.0. The van der Waals surface area contributed by atoms with Gasteiger partial charge in [0.2, 0.25) is 0 Å². The third-order valence-corrected chi connectivity index (χ3v) is 3.33. The van der Waals surface area contributed by atoms with Crippen LogP contribution in [0.4, 0.5) is 4.39 Å². The molecule has 1 saturated carbocycles. The third-order valence-electron chi connectivity index (χ3n) is 3.33. The Hall–Kier alpha value is -0.330. The summed E-state index contributed by atoms with van der Waals surface area (Å²) in [6, 6.07) is 0. The molecule has 3 unspecified atom stereocenters. The van der Waals surface area contributed by atoms with E-state index in [0.29, 0.717) is 11.8 Å². The van der Waals surface area contributed by atoms with Crippen LogP contribution in [0.3, 0.4) is 0 Å². The van der Waals surface area contributed by atoms with Gasteiger partial charge in [-0.05, 0) is 37.0 Å². The lowest BCUT2D eigenvalue weighted by Gasteiger charge is -2.32. The molecule has 1 rings (SSSR count). The molecule has 0 nitrogen and oxygen atoms in total. The van der Waals surface area contributed by atoms with E-state index in [9.17, 15) is 4.39 Å². The van der Waals surface area contributed by atoms with Crippen molar-refractivity contribution >= 4 is 0 Å². The Kier molecular flexibility index (Phi) is 3.52. The quantitative estimate of drug-likeness (QED) is 0.569. The van der Waals surface area contributed by atoms with Crippen LogP contribution in [0, 0.1) is 17.8 Å². The number of rotatable bonds is 2. The van der Waals surface area contributed by atoms with Crippen LogP contribution in [0.1, 0.15) is 40.0 Å². The molecule has 1 fully saturated rings. The van der Waals surface area contributed by atoms with E-state index in [1.54, 1.807) is 0 Å². The van der Waals surface area contributed by atoms with E-state index in [1.165, 1.54) is 5.57 Å². The van der Waals surface area contributed by atoms with E-state index in [1.807, 2.05) is 6.92 Å². The lowest BCUT2D eigenvalue weighted by atomic mass is 9.75. The van der Waals surface area contributed by atoms with E-state index < -0.39 is 6.17 Å². The smallest absolute Gasteiger partial charge is 0.103 e. The molecular formula is C12H21F. The molecule has 0 aromatic rings. The predicted molar refractivity (Wildman–Crippen MR) is 55.4 cm³/mol. The van der Waals surface area contributed by atoms with Gasteiger partial charge in [-0.2, -0.15) is 0 Å². The molecule has 0 saturated heterocycles. The minimum absolute atomic E-state index is 0.231. The van der Waals surface area contributed by atoms with Gasteiger partial charge in [0.25, 0.3) is 0 Å². The van der Waals surface area contributed by atoms with Gasteiger partial charge in [0.1, 0.15) is 6.17 Å². The van der Waals surface area contributed by atoms with Crippen molar-refractivity contribution in [3.8, 4) is 0 Å². The Morgan fingerprint density at radius 1 is 1.38 bits per heavy atom. The fraction of sp³-hybridized carbons (Fsp3) is 0.833. The highest BCUT2D eigenvalue weighted by atomic mass is 19.1. The van der Waals surface area contributed by atoms with Gasteiger partial charge in [0.05, 0.1) is 0 Å². The van der Waals surface area contributed by atoms with E-state index in [-0.39, 0.29) is 5.92 Å². The zero-order valence-electron chi connectivity index (χ0n) is 9.02. The van der Waals surface area contributed by atoms with E-state index in [2.05, 4.69) is 20.4 Å². The van der Waals surface area contributed by atoms with Crippen LogP contribution in [0.15, 0.2) is 12.2 Å². The second-order valence-electron chi connectivity index (χ2n) is 4.73. The molecule has 0 aliphatic heterocycles. The Bertz CT molecular complexity index is 184. The lowest BCUT2D eigenvalue weighted by molar-refractivity contribution is 0.150. The average molecular weight is 184 g/mol. The van der Waals surface area contributed by atoms with Gasteiger partial charge < -0.3 is 0 Å². The second-order valence-corrected chi connectivity index (χ2v) is 4.73. The maximum atomic E-state index is 13.2. The van der Waals surface area contributed by atoms with Crippen LogP contribution in [0.5, 0.6) is 0 Å². The van der Waals surface area contributed by atoms with Crippen LogP contribution in [0.25, 0.3) is 0 Å². The average Bonchev–Trinajstić information content (AvgIpc) is 2.08. The number of hydrogen-bond donors (Lipinski definition) is 0. The summed E-state index contributed by atoms with van der Waals surface area (Å²) in [4.78, 5) is 0. The highest BCUT2D eigenvalue weighted by Gasteiger charge is 2.29. The number of alkyl halides is 1. The van der Waals surface area contributed by atoms with E-state index >= 15 is 0 Å². The standard InChI is InChI=1S/C12H21F/c1-8(2)10(4)11-5-6-12(13)9(3)7-11/h8-9,11-12H,4-7H2,1-3H3. The van der Waals surface area contributed by atoms with E-state index in [0.717, 1.165) is 19.3 Å². The topological polar surface area (TPSA) is 0 Å². The summed E-state index contributed by atoms with van der Waals surface area (Å²) < 4.78 is 13.2. The molecule has 0 amide bonds. The molecule has 1 aliphatic rings. The first-order valence-electron chi connectivity index (χ1n) is 5.35. The zero-order valence-corrected chi connectivity index (χ0v) is 9.02. The maximum absolute atomic E-state index is 13.2. The first-order valence-corrected chi connectivity index (χ1v) is 5.35. The molecule has 76 valence electrons. The molecule has 1 heteroatoms. The molecule has 0 aromatic heterocycles. The molecule has 0 spiro atoms. The first-order chi connectivity index (χ1) is 6.02. The van der Waals surface area contributed by atoms with Crippen molar-refractivity contribution < 1.29 is 4.39 Å². The van der Waals surface area contributed by atoms with Gasteiger partial charge >= 0.3 is 0 Å². The van der Waals surface area contributed by atoms with Gasteiger partial charge in [0.15, 0.2) is 0 Å². The van der Waals surface area contributed by atoms with E-state index in [4.69, 9.17) is 0 Å². The molecule has 3 atom stereocenters. The van der Waals surface area contributed by atoms with Gasteiger partial charge in [-0.1, -0.05) is 32.9 Å². The number of allylic oxidation sites excluding steroid dienone is 1. The highest BCUT2D eigenvalue weighted by Crippen LogP contribution is 2.36. The molecule has 0 aromatic carbocycles. The lowest BCUT2D eigenvalue weighted by Crippen LogP contribution is -2.25. The minimum atomic E-state index is -0.573. The van der Waals surface area contributed by atoms with Crippen molar-refractivity contribution in [1.82, 2.24) is 0 Å². The van der Waals surface area contributed by atoms with Crippen LogP contribution in [-0.2, 0) is 0 Å². The Morgan fingerprint density at radius 2 is 2.00 bits per heavy atom. The maximum Gasteiger partial charge on any atom is 0.103 e. The number of hydrogen-bond acceptors (Lipinski definition) is 0. The Morgan fingerprint density at radius 3 is 2.46 bits per heavy atom. The second kappa shape index (κ2) is 4.26. The van der Waals surface area contributed by atoms with Crippen LogP contribution in [0.2, 0.25) is 0 Å². The van der Waals surface area contributed by atoms with Crippen LogP contribution in [-0.4, -0.2) is 6.17 Å². The van der Waals surface area contributed by atoms with Crippen LogP contribution < -0.4 is 0 Å². The van der Waals surface area contributed by atoms with Crippen molar-refractivity contribution in [2.24, 2.45) is 17.8 Å². The van der Waals surface area contributed by atoms with Crippen molar-refractivity contribution in [2.45, 2.75) is 46.2 Å². The van der Waals surface area contributed by atoms with Crippen molar-refractivity contribution in [1.29, 1.82) is 0 Å². The first kappa shape index (κ1) is 10.7. The van der Waals surface area contributed by atoms with Gasteiger partial charge in [-0.15, -0.1) is 0 Å². The Labute approximate surface area is 81.2 Å². The summed E-state index contributed by atoms with van der Waals surface area (Å²) in [5.41, 5.74) is 1.32. The molecule has 0 radical (unpaired) electrons. The summed E-state index contributed by atoms with van der Waals surface area (Å²) >= 11 is 0. The summed E-state index contributed by atoms with van der Waals surface area (Å²) in [5, 5.41) is 0. The highest BCUT2D eigenvalue weighted by molar-refractivity contribution is 5.05. The predicted octanol–water partition coefficient (Wildman–Crippen LogP) is 3.97. The molecule has 13 heavy (non-hydrogen) atoms. The molecule has 0 heterocycles. The molecule has 0 bridgehead atoms. The summed E-state index contributed by atoms with van der Waals surface area (Å²) in [5.74, 6) is 1.35. The Balaban J connectivity index is 2.50. The molecule has 1 aliphatic carbocycles. The fourth-order valence-electron chi connectivity index (χ4n) is 2.17. The van der Waals surface area contributed by atoms with Gasteiger partial charge in [-0.3, -0.25) is 0 Å². The fourth-order valence-corrected chi connectivity index (χ4v) is 2.17.